The molecule has 0 spiro atoms. The second kappa shape index (κ2) is 11.5. The lowest BCUT2D eigenvalue weighted by Crippen LogP contribution is -2.76. The van der Waals surface area contributed by atoms with Crippen LogP contribution in [0.5, 0.6) is 0 Å². The predicted molar refractivity (Wildman–Crippen MR) is 161 cm³/mol. The molecule has 224 valence electrons. The maximum absolute atomic E-state index is 14.3. The first-order chi connectivity index (χ1) is 20.6. The molecule has 2 aliphatic rings. The summed E-state index contributed by atoms with van der Waals surface area (Å²) in [6, 6.07) is 23.4. The van der Waals surface area contributed by atoms with Crippen LogP contribution in [0.3, 0.4) is 0 Å². The van der Waals surface area contributed by atoms with Crippen molar-refractivity contribution >= 4 is 32.9 Å². The maximum atomic E-state index is 14.3. The predicted octanol–water partition coefficient (Wildman–Crippen LogP) is 2.75. The highest BCUT2D eigenvalue weighted by molar-refractivity contribution is 7.88. The molecule has 2 fully saturated rings. The first-order valence-electron chi connectivity index (χ1n) is 14.4. The van der Waals surface area contributed by atoms with Crippen molar-refractivity contribution in [3.05, 3.63) is 95.6 Å². The van der Waals surface area contributed by atoms with E-state index in [9.17, 15) is 18.0 Å². The lowest BCUT2D eigenvalue weighted by atomic mass is 9.96. The molecule has 0 bridgehead atoms. The van der Waals surface area contributed by atoms with E-state index in [0.29, 0.717) is 11.1 Å². The van der Waals surface area contributed by atoms with Gasteiger partial charge in [0.25, 0.3) is 0 Å². The fourth-order valence-corrected chi connectivity index (χ4v) is 7.94. The normalized spacial score (nSPS) is 20.3. The van der Waals surface area contributed by atoms with E-state index in [1.165, 1.54) is 9.31 Å². The number of aromatic nitrogens is 3. The number of hydrogen-bond acceptors (Lipinski definition) is 7. The summed E-state index contributed by atoms with van der Waals surface area (Å²) in [7, 11) is -2.18. The van der Waals surface area contributed by atoms with E-state index >= 15 is 0 Å². The van der Waals surface area contributed by atoms with Crippen molar-refractivity contribution in [1.82, 2.24) is 34.2 Å². The number of hydrogen-bond donors (Lipinski definition) is 0. The quantitative estimate of drug-likeness (QED) is 0.305. The first kappa shape index (κ1) is 29.0. The minimum atomic E-state index is -3.99. The van der Waals surface area contributed by atoms with E-state index in [0.717, 1.165) is 16.6 Å². The highest BCUT2D eigenvalue weighted by Crippen LogP contribution is 2.34. The van der Waals surface area contributed by atoms with Crippen LogP contribution < -0.4 is 0 Å². The molecule has 0 N–H and O–H groups in total. The number of carbonyl (C=O) groups is 2. The number of fused-ring (bicyclic) bond motifs is 2. The largest absolute Gasteiger partial charge is 0.333 e. The third-order valence-corrected chi connectivity index (χ3v) is 9.85. The van der Waals surface area contributed by atoms with Gasteiger partial charge in [-0.15, -0.1) is 9.51 Å². The molecule has 12 heteroatoms. The van der Waals surface area contributed by atoms with Crippen LogP contribution in [0, 0.1) is 5.92 Å². The van der Waals surface area contributed by atoms with E-state index < -0.39 is 22.2 Å². The molecule has 1 aromatic heterocycles. The van der Waals surface area contributed by atoms with Gasteiger partial charge < -0.3 is 9.80 Å². The first-order valence-corrected chi connectivity index (χ1v) is 16.0. The summed E-state index contributed by atoms with van der Waals surface area (Å²) in [5.41, 5.74) is 3.83. The van der Waals surface area contributed by atoms with Crippen LogP contribution in [-0.4, -0.2) is 79.7 Å². The van der Waals surface area contributed by atoms with Gasteiger partial charge in [-0.05, 0) is 23.1 Å². The number of amides is 2. The highest BCUT2D eigenvalue weighted by atomic mass is 32.2. The van der Waals surface area contributed by atoms with Gasteiger partial charge in [-0.2, -0.15) is 0 Å². The second-order valence-electron chi connectivity index (χ2n) is 11.5. The third kappa shape index (κ3) is 5.53. The Bertz CT molecular complexity index is 1740. The summed E-state index contributed by atoms with van der Waals surface area (Å²) in [5.74, 6) is -0.961. The standard InChI is InChI=1S/C31H35N7O4S/c1-22(2)30-31(40)35(18-25-15-10-16-26-29(25)32-33-34(26)3)19-27-37(30)28(39)20-36(17-23-11-6-4-7-12-23)38(27)43(41,42)21-24-13-8-5-9-14-24/h4-16,22,27,30H,17-21H2,1-3H3/t27-,30-/m0/s1. The number of sulfonamides is 1. The zero-order valence-corrected chi connectivity index (χ0v) is 25.3. The van der Waals surface area contributed by atoms with Crippen LogP contribution in [0.25, 0.3) is 11.0 Å². The van der Waals surface area contributed by atoms with Crippen molar-refractivity contribution in [3.8, 4) is 0 Å². The van der Waals surface area contributed by atoms with Crippen molar-refractivity contribution in [3.63, 3.8) is 0 Å². The number of benzene rings is 3. The van der Waals surface area contributed by atoms with Gasteiger partial charge in [0.2, 0.25) is 21.8 Å². The van der Waals surface area contributed by atoms with Crippen LogP contribution in [0.4, 0.5) is 0 Å². The molecule has 2 amide bonds. The summed E-state index contributed by atoms with van der Waals surface area (Å²) < 4.78 is 31.7. The summed E-state index contributed by atoms with van der Waals surface area (Å²) in [6.45, 7) is 4.07. The van der Waals surface area contributed by atoms with Crippen molar-refractivity contribution in [2.75, 3.05) is 13.1 Å². The second-order valence-corrected chi connectivity index (χ2v) is 13.3. The molecular weight excluding hydrogens is 566 g/mol. The van der Waals surface area contributed by atoms with Gasteiger partial charge in [0, 0.05) is 25.7 Å². The Morgan fingerprint density at radius 2 is 1.56 bits per heavy atom. The SMILES string of the molecule is CC(C)[C@H]1C(=O)N(Cc2cccc3c2nnn3C)C[C@H]2N1C(=O)CN(Cc1ccccc1)N2S(=O)(=O)Cc1ccccc1. The minimum Gasteiger partial charge on any atom is -0.333 e. The Kier molecular flexibility index (Phi) is 7.75. The fourth-order valence-electron chi connectivity index (χ4n) is 6.19. The number of nitrogens with zero attached hydrogens (tertiary/aromatic N) is 7. The molecule has 2 atom stereocenters. The Hall–Kier alpha value is -4.13. The van der Waals surface area contributed by atoms with E-state index in [1.807, 2.05) is 87.6 Å². The highest BCUT2D eigenvalue weighted by Gasteiger charge is 2.54. The third-order valence-electron chi connectivity index (χ3n) is 8.11. The zero-order chi connectivity index (χ0) is 30.3. The molecule has 0 aliphatic carbocycles. The van der Waals surface area contributed by atoms with Gasteiger partial charge in [-0.25, -0.2) is 18.1 Å². The fraction of sp³-hybridized carbons (Fsp3) is 0.355. The number of hydrazine groups is 1. The van der Waals surface area contributed by atoms with Crippen molar-refractivity contribution in [2.24, 2.45) is 13.0 Å². The van der Waals surface area contributed by atoms with Gasteiger partial charge in [-0.3, -0.25) is 9.59 Å². The smallest absolute Gasteiger partial charge is 0.246 e. The van der Waals surface area contributed by atoms with Gasteiger partial charge in [0.15, 0.2) is 0 Å². The monoisotopic (exact) mass is 601 g/mol. The Morgan fingerprint density at radius 3 is 2.23 bits per heavy atom. The molecule has 2 saturated heterocycles. The van der Waals surface area contributed by atoms with E-state index in [-0.39, 0.29) is 49.7 Å². The number of carbonyl (C=O) groups excluding carboxylic acids is 2. The molecule has 4 aromatic rings. The molecule has 11 nitrogen and oxygen atoms in total. The molecule has 0 unspecified atom stereocenters. The minimum absolute atomic E-state index is 0.0176. The van der Waals surface area contributed by atoms with Crippen molar-refractivity contribution in [1.29, 1.82) is 0 Å². The number of rotatable bonds is 8. The average molecular weight is 602 g/mol. The molecule has 43 heavy (non-hydrogen) atoms. The van der Waals surface area contributed by atoms with Crippen molar-refractivity contribution in [2.45, 2.75) is 44.9 Å². The maximum Gasteiger partial charge on any atom is 0.246 e. The summed E-state index contributed by atoms with van der Waals surface area (Å²) in [6.07, 6.45) is -0.912. The van der Waals surface area contributed by atoms with Gasteiger partial charge in [-0.1, -0.05) is 91.9 Å². The molecule has 3 heterocycles. The van der Waals surface area contributed by atoms with Gasteiger partial charge >= 0.3 is 0 Å². The Balaban J connectivity index is 1.42. The van der Waals surface area contributed by atoms with Crippen molar-refractivity contribution < 1.29 is 18.0 Å². The molecule has 0 radical (unpaired) electrons. The van der Waals surface area contributed by atoms with Crippen LogP contribution in [0.2, 0.25) is 0 Å². The topological polar surface area (TPSA) is 112 Å². The van der Waals surface area contributed by atoms with E-state index in [2.05, 4.69) is 10.3 Å². The van der Waals surface area contributed by atoms with Crippen LogP contribution in [0.1, 0.15) is 30.5 Å². The number of aryl methyl sites for hydroxylation is 1. The van der Waals surface area contributed by atoms with Gasteiger partial charge in [0.05, 0.1) is 24.4 Å². The molecule has 2 aliphatic heterocycles. The molecule has 6 rings (SSSR count). The number of piperazine rings is 1. The van der Waals surface area contributed by atoms with Crippen LogP contribution in [0.15, 0.2) is 78.9 Å². The van der Waals surface area contributed by atoms with E-state index in [4.69, 9.17) is 0 Å². The lowest BCUT2D eigenvalue weighted by molar-refractivity contribution is -0.188. The van der Waals surface area contributed by atoms with Crippen LogP contribution in [-0.2, 0) is 45.5 Å². The van der Waals surface area contributed by atoms with E-state index in [1.54, 1.807) is 26.7 Å². The lowest BCUT2D eigenvalue weighted by Gasteiger charge is -2.55. The molecular formula is C31H35N7O4S. The average Bonchev–Trinajstić information content (AvgIpc) is 3.36. The molecule has 3 aromatic carbocycles. The van der Waals surface area contributed by atoms with Crippen LogP contribution >= 0.6 is 0 Å². The summed E-state index contributed by atoms with van der Waals surface area (Å²) >= 11 is 0. The summed E-state index contributed by atoms with van der Waals surface area (Å²) in [5, 5.41) is 10.1. The molecule has 0 saturated carbocycles. The Morgan fingerprint density at radius 1 is 0.884 bits per heavy atom. The Labute approximate surface area is 251 Å². The summed E-state index contributed by atoms with van der Waals surface area (Å²) in [4.78, 5) is 31.1. The van der Waals surface area contributed by atoms with Gasteiger partial charge in [0.1, 0.15) is 17.7 Å². The zero-order valence-electron chi connectivity index (χ0n) is 24.4.